The molecule has 0 unspecified atom stereocenters. The van der Waals surface area contributed by atoms with E-state index in [2.05, 4.69) is 11.9 Å². The maximum Gasteiger partial charge on any atom is 0.243 e. The highest BCUT2D eigenvalue weighted by atomic mass is 32.2. The molecule has 0 aromatic heterocycles. The van der Waals surface area contributed by atoms with Gasteiger partial charge in [0.1, 0.15) is 5.75 Å². The summed E-state index contributed by atoms with van der Waals surface area (Å²) in [6.07, 6.45) is 2.45. The minimum Gasteiger partial charge on any atom is -0.494 e. The summed E-state index contributed by atoms with van der Waals surface area (Å²) >= 11 is 0. The maximum absolute atomic E-state index is 12.2. The zero-order valence-corrected chi connectivity index (χ0v) is 12.8. The van der Waals surface area contributed by atoms with Gasteiger partial charge in [-0.3, -0.25) is 0 Å². The third-order valence-electron chi connectivity index (χ3n) is 2.76. The normalized spacial score (nSPS) is 11.6. The topological polar surface area (TPSA) is 58.6 Å². The Balaban J connectivity index is 2.68. The van der Waals surface area contributed by atoms with Gasteiger partial charge in [-0.15, -0.1) is 6.58 Å². The van der Waals surface area contributed by atoms with Gasteiger partial charge in [0.05, 0.1) is 11.5 Å². The van der Waals surface area contributed by atoms with E-state index in [0.717, 1.165) is 13.0 Å². The minimum absolute atomic E-state index is 0.254. The van der Waals surface area contributed by atoms with Crippen molar-refractivity contribution in [3.05, 3.63) is 36.9 Å². The molecule has 0 heterocycles. The Morgan fingerprint density at radius 3 is 2.55 bits per heavy atom. The van der Waals surface area contributed by atoms with Gasteiger partial charge in [-0.1, -0.05) is 6.08 Å². The van der Waals surface area contributed by atoms with Crippen LogP contribution in [0.2, 0.25) is 0 Å². The van der Waals surface area contributed by atoms with Crippen LogP contribution in [0, 0.1) is 0 Å². The molecule has 1 aromatic carbocycles. The van der Waals surface area contributed by atoms with Crippen molar-refractivity contribution < 1.29 is 13.2 Å². The molecule has 0 aliphatic heterocycles. The zero-order valence-electron chi connectivity index (χ0n) is 12.0. The van der Waals surface area contributed by atoms with Crippen molar-refractivity contribution in [1.29, 1.82) is 0 Å². The second kappa shape index (κ2) is 8.04. The molecular formula is C14H22N2O3S. The Kier molecular flexibility index (Phi) is 6.70. The van der Waals surface area contributed by atoms with Gasteiger partial charge in [-0.2, -0.15) is 4.31 Å². The number of ether oxygens (including phenoxy) is 1. The van der Waals surface area contributed by atoms with Crippen molar-refractivity contribution in [2.45, 2.75) is 11.3 Å². The summed E-state index contributed by atoms with van der Waals surface area (Å²) in [5, 5.41) is 3.03. The number of benzene rings is 1. The molecule has 0 aliphatic carbocycles. The molecule has 1 N–H and O–H groups in total. The highest BCUT2D eigenvalue weighted by molar-refractivity contribution is 7.89. The third-order valence-corrected chi connectivity index (χ3v) is 4.60. The van der Waals surface area contributed by atoms with E-state index in [0.29, 0.717) is 12.4 Å². The van der Waals surface area contributed by atoms with Crippen molar-refractivity contribution in [2.75, 3.05) is 33.8 Å². The Hall–Kier alpha value is -1.37. The van der Waals surface area contributed by atoms with Crippen molar-refractivity contribution >= 4 is 10.0 Å². The highest BCUT2D eigenvalue weighted by Crippen LogP contribution is 2.18. The summed E-state index contributed by atoms with van der Waals surface area (Å²) in [4.78, 5) is 0.254. The van der Waals surface area contributed by atoms with Crippen molar-refractivity contribution in [3.8, 4) is 5.75 Å². The lowest BCUT2D eigenvalue weighted by atomic mass is 10.3. The summed E-state index contributed by atoms with van der Waals surface area (Å²) in [6, 6.07) is 6.46. The summed E-state index contributed by atoms with van der Waals surface area (Å²) < 4.78 is 31.1. The van der Waals surface area contributed by atoms with Gasteiger partial charge in [-0.25, -0.2) is 8.42 Å². The molecule has 20 heavy (non-hydrogen) atoms. The van der Waals surface area contributed by atoms with Gasteiger partial charge in [-0.05, 0) is 44.3 Å². The molecule has 0 radical (unpaired) electrons. The van der Waals surface area contributed by atoms with Crippen LogP contribution in [0.4, 0.5) is 0 Å². The van der Waals surface area contributed by atoms with E-state index in [4.69, 9.17) is 4.74 Å². The molecule has 0 amide bonds. The molecule has 6 heteroatoms. The predicted octanol–water partition coefficient (Wildman–Crippen LogP) is 1.48. The van der Waals surface area contributed by atoms with Crippen LogP contribution in [0.15, 0.2) is 41.8 Å². The number of sulfonamides is 1. The maximum atomic E-state index is 12.2. The Bertz CT molecular complexity index is 512. The standard InChI is InChI=1S/C14H22N2O3S/c1-4-11-16(3)20(17,18)14-8-6-13(7-9-14)19-12-5-10-15-2/h4,6-9,15H,1,5,10-12H2,2-3H3. The first-order valence-electron chi connectivity index (χ1n) is 6.47. The van der Waals surface area contributed by atoms with Crippen molar-refractivity contribution in [1.82, 2.24) is 9.62 Å². The fourth-order valence-corrected chi connectivity index (χ4v) is 2.75. The molecule has 0 saturated carbocycles. The lowest BCUT2D eigenvalue weighted by molar-refractivity contribution is 0.309. The van der Waals surface area contributed by atoms with Crippen LogP contribution in [-0.2, 0) is 10.0 Å². The van der Waals surface area contributed by atoms with E-state index in [-0.39, 0.29) is 11.4 Å². The van der Waals surface area contributed by atoms with Gasteiger partial charge in [0.15, 0.2) is 0 Å². The first-order chi connectivity index (χ1) is 9.52. The first-order valence-corrected chi connectivity index (χ1v) is 7.91. The number of hydrogen-bond acceptors (Lipinski definition) is 4. The molecule has 0 fully saturated rings. The fourth-order valence-electron chi connectivity index (χ4n) is 1.61. The molecule has 0 bridgehead atoms. The van der Waals surface area contributed by atoms with Crippen molar-refractivity contribution in [3.63, 3.8) is 0 Å². The van der Waals surface area contributed by atoms with Gasteiger partial charge in [0.25, 0.3) is 0 Å². The summed E-state index contributed by atoms with van der Waals surface area (Å²) in [5.41, 5.74) is 0. The average molecular weight is 298 g/mol. The smallest absolute Gasteiger partial charge is 0.243 e. The molecule has 0 aliphatic rings. The van der Waals surface area contributed by atoms with Crippen molar-refractivity contribution in [2.24, 2.45) is 0 Å². The fraction of sp³-hybridized carbons (Fsp3) is 0.429. The molecule has 112 valence electrons. The van der Waals surface area contributed by atoms with Gasteiger partial charge in [0.2, 0.25) is 10.0 Å². The molecule has 1 aromatic rings. The molecule has 1 rings (SSSR count). The summed E-state index contributed by atoms with van der Waals surface area (Å²) in [7, 11) is -0.0352. The molecule has 5 nitrogen and oxygen atoms in total. The van der Waals surface area contributed by atoms with E-state index in [9.17, 15) is 8.42 Å². The van der Waals surface area contributed by atoms with E-state index in [1.807, 2.05) is 7.05 Å². The van der Waals surface area contributed by atoms with Crippen LogP contribution in [-0.4, -0.2) is 46.5 Å². The molecule has 0 saturated heterocycles. The molecular weight excluding hydrogens is 276 g/mol. The number of hydrogen-bond donors (Lipinski definition) is 1. The second-order valence-electron chi connectivity index (χ2n) is 4.35. The van der Waals surface area contributed by atoms with E-state index in [1.54, 1.807) is 30.3 Å². The molecule has 0 spiro atoms. The van der Waals surface area contributed by atoms with Crippen LogP contribution in [0.5, 0.6) is 5.75 Å². The predicted molar refractivity (Wildman–Crippen MR) is 80.5 cm³/mol. The SMILES string of the molecule is C=CCN(C)S(=O)(=O)c1ccc(OCCCNC)cc1. The first kappa shape index (κ1) is 16.7. The summed E-state index contributed by atoms with van der Waals surface area (Å²) in [6.45, 7) is 5.31. The van der Waals surface area contributed by atoms with E-state index >= 15 is 0 Å². The zero-order chi connectivity index (χ0) is 15.0. The van der Waals surface area contributed by atoms with Crippen LogP contribution < -0.4 is 10.1 Å². The minimum atomic E-state index is -3.45. The Morgan fingerprint density at radius 2 is 2.00 bits per heavy atom. The van der Waals surface area contributed by atoms with Crippen LogP contribution in [0.3, 0.4) is 0 Å². The monoisotopic (exact) mass is 298 g/mol. The van der Waals surface area contributed by atoms with E-state index in [1.165, 1.54) is 11.4 Å². The Labute approximate surface area is 121 Å². The van der Waals surface area contributed by atoms with Crippen LogP contribution in [0.1, 0.15) is 6.42 Å². The van der Waals surface area contributed by atoms with E-state index < -0.39 is 10.0 Å². The lowest BCUT2D eigenvalue weighted by Gasteiger charge is -2.15. The van der Waals surface area contributed by atoms with Gasteiger partial charge in [0, 0.05) is 13.6 Å². The van der Waals surface area contributed by atoms with Gasteiger partial charge < -0.3 is 10.1 Å². The second-order valence-corrected chi connectivity index (χ2v) is 6.40. The average Bonchev–Trinajstić information content (AvgIpc) is 2.44. The third kappa shape index (κ3) is 4.63. The number of rotatable bonds is 9. The van der Waals surface area contributed by atoms with Crippen LogP contribution in [0.25, 0.3) is 0 Å². The highest BCUT2D eigenvalue weighted by Gasteiger charge is 2.19. The molecule has 0 atom stereocenters. The Morgan fingerprint density at radius 1 is 1.35 bits per heavy atom. The van der Waals surface area contributed by atoms with Gasteiger partial charge >= 0.3 is 0 Å². The number of likely N-dealkylation sites (N-methyl/N-ethyl adjacent to an activating group) is 1. The lowest BCUT2D eigenvalue weighted by Crippen LogP contribution is -2.26. The quantitative estimate of drug-likeness (QED) is 0.554. The number of nitrogens with zero attached hydrogens (tertiary/aromatic N) is 1. The summed E-state index contributed by atoms with van der Waals surface area (Å²) in [5.74, 6) is 0.673. The largest absolute Gasteiger partial charge is 0.494 e. The van der Waals surface area contributed by atoms with Crippen LogP contribution >= 0.6 is 0 Å². The number of nitrogens with one attached hydrogen (secondary N) is 1.